The Balaban J connectivity index is 1.65. The molecule has 0 saturated heterocycles. The van der Waals surface area contributed by atoms with Crippen LogP contribution in [0, 0.1) is 13.8 Å². The fourth-order valence-electron chi connectivity index (χ4n) is 2.60. The molecule has 2 rings (SSSR count). The minimum Gasteiger partial charge on any atom is -0.484 e. The Labute approximate surface area is 170 Å². The molecule has 0 aliphatic rings. The van der Waals surface area contributed by atoms with Crippen molar-refractivity contribution in [1.82, 2.24) is 10.9 Å². The summed E-state index contributed by atoms with van der Waals surface area (Å²) in [5.41, 5.74) is 8.51. The fourth-order valence-corrected chi connectivity index (χ4v) is 2.60. The van der Waals surface area contributed by atoms with E-state index in [2.05, 4.69) is 23.1 Å². The SMILES string of the molecule is CCc1ccc(OCC(=O)NNC(=O)CCC(=O)Nc2ccc(C)cc2C)cc1. The lowest BCUT2D eigenvalue weighted by molar-refractivity contribution is -0.130. The van der Waals surface area contributed by atoms with Crippen molar-refractivity contribution in [3.05, 3.63) is 59.2 Å². The van der Waals surface area contributed by atoms with Crippen LogP contribution in [0.3, 0.4) is 0 Å². The number of aryl methyl sites for hydroxylation is 3. The molecule has 2 aromatic rings. The minimum atomic E-state index is -0.488. The second kappa shape index (κ2) is 10.8. The van der Waals surface area contributed by atoms with E-state index in [0.29, 0.717) is 5.75 Å². The van der Waals surface area contributed by atoms with Crippen LogP contribution >= 0.6 is 0 Å². The van der Waals surface area contributed by atoms with E-state index in [-0.39, 0.29) is 25.4 Å². The number of carbonyl (C=O) groups excluding carboxylic acids is 3. The zero-order valence-corrected chi connectivity index (χ0v) is 17.0. The molecule has 3 amide bonds. The monoisotopic (exact) mass is 397 g/mol. The first kappa shape index (κ1) is 21.9. The van der Waals surface area contributed by atoms with Crippen LogP contribution in [0.1, 0.15) is 36.5 Å². The Morgan fingerprint density at radius 2 is 1.52 bits per heavy atom. The molecular formula is C22H27N3O4. The smallest absolute Gasteiger partial charge is 0.276 e. The predicted octanol–water partition coefficient (Wildman–Crippen LogP) is 2.81. The molecule has 2 aromatic carbocycles. The van der Waals surface area contributed by atoms with E-state index in [1.807, 2.05) is 44.2 Å². The summed E-state index contributed by atoms with van der Waals surface area (Å²) in [6, 6.07) is 13.1. The van der Waals surface area contributed by atoms with Gasteiger partial charge in [0, 0.05) is 18.5 Å². The van der Waals surface area contributed by atoms with E-state index in [1.165, 1.54) is 5.56 Å². The lowest BCUT2D eigenvalue weighted by Crippen LogP contribution is -2.44. The lowest BCUT2D eigenvalue weighted by Gasteiger charge is -2.10. The van der Waals surface area contributed by atoms with Gasteiger partial charge >= 0.3 is 0 Å². The lowest BCUT2D eigenvalue weighted by atomic mass is 10.1. The van der Waals surface area contributed by atoms with Crippen molar-refractivity contribution in [3.8, 4) is 5.75 Å². The van der Waals surface area contributed by atoms with E-state index in [1.54, 1.807) is 12.1 Å². The van der Waals surface area contributed by atoms with Crippen molar-refractivity contribution in [3.63, 3.8) is 0 Å². The third-order valence-electron chi connectivity index (χ3n) is 4.28. The number of benzene rings is 2. The molecule has 0 atom stereocenters. The van der Waals surface area contributed by atoms with Crippen LogP contribution in [0.15, 0.2) is 42.5 Å². The molecule has 0 saturated carbocycles. The van der Waals surface area contributed by atoms with E-state index in [9.17, 15) is 14.4 Å². The summed E-state index contributed by atoms with van der Waals surface area (Å²) in [7, 11) is 0. The van der Waals surface area contributed by atoms with E-state index in [4.69, 9.17) is 4.74 Å². The number of ether oxygens (including phenoxy) is 1. The highest BCUT2D eigenvalue weighted by Gasteiger charge is 2.10. The van der Waals surface area contributed by atoms with E-state index >= 15 is 0 Å². The zero-order valence-electron chi connectivity index (χ0n) is 17.0. The highest BCUT2D eigenvalue weighted by molar-refractivity contribution is 5.94. The Morgan fingerprint density at radius 3 is 2.17 bits per heavy atom. The number of rotatable bonds is 8. The van der Waals surface area contributed by atoms with Gasteiger partial charge in [-0.25, -0.2) is 0 Å². The Hall–Kier alpha value is -3.35. The summed E-state index contributed by atoms with van der Waals surface area (Å²) in [6.07, 6.45) is 0.890. The van der Waals surface area contributed by atoms with Crippen molar-refractivity contribution >= 4 is 23.4 Å². The van der Waals surface area contributed by atoms with Crippen molar-refractivity contribution in [1.29, 1.82) is 0 Å². The quantitative estimate of drug-likeness (QED) is 0.597. The molecule has 0 radical (unpaired) electrons. The van der Waals surface area contributed by atoms with E-state index < -0.39 is 11.8 Å². The van der Waals surface area contributed by atoms with Crippen LogP contribution in [0.5, 0.6) is 5.75 Å². The normalized spacial score (nSPS) is 10.2. The Bertz CT molecular complexity index is 863. The van der Waals surface area contributed by atoms with Gasteiger partial charge in [0.15, 0.2) is 6.61 Å². The first-order valence-electron chi connectivity index (χ1n) is 9.54. The Kier molecular flexibility index (Phi) is 8.21. The van der Waals surface area contributed by atoms with Gasteiger partial charge in [0.1, 0.15) is 5.75 Å². The van der Waals surface area contributed by atoms with Gasteiger partial charge in [0.25, 0.3) is 5.91 Å². The van der Waals surface area contributed by atoms with Crippen molar-refractivity contribution in [2.75, 3.05) is 11.9 Å². The number of amides is 3. The first-order valence-corrected chi connectivity index (χ1v) is 9.54. The number of hydrogen-bond donors (Lipinski definition) is 3. The van der Waals surface area contributed by atoms with Crippen LogP contribution < -0.4 is 20.9 Å². The second-order valence-corrected chi connectivity index (χ2v) is 6.75. The molecule has 154 valence electrons. The fraction of sp³-hybridized carbons (Fsp3) is 0.318. The number of anilines is 1. The summed E-state index contributed by atoms with van der Waals surface area (Å²) >= 11 is 0. The number of carbonyl (C=O) groups is 3. The van der Waals surface area contributed by atoms with Crippen LogP contribution in [-0.4, -0.2) is 24.3 Å². The summed E-state index contributed by atoms with van der Waals surface area (Å²) in [5, 5.41) is 2.78. The van der Waals surface area contributed by atoms with Gasteiger partial charge in [0.2, 0.25) is 11.8 Å². The molecule has 7 heteroatoms. The molecular weight excluding hydrogens is 370 g/mol. The average molecular weight is 397 g/mol. The maximum atomic E-state index is 12.0. The first-order chi connectivity index (χ1) is 13.9. The van der Waals surface area contributed by atoms with Crippen LogP contribution in [0.2, 0.25) is 0 Å². The zero-order chi connectivity index (χ0) is 21.2. The topological polar surface area (TPSA) is 96.5 Å². The second-order valence-electron chi connectivity index (χ2n) is 6.75. The molecule has 0 aliphatic carbocycles. The molecule has 0 heterocycles. The summed E-state index contributed by atoms with van der Waals surface area (Å²) in [4.78, 5) is 35.6. The van der Waals surface area contributed by atoms with Crippen molar-refractivity contribution < 1.29 is 19.1 Å². The molecule has 0 fully saturated rings. The molecule has 0 spiro atoms. The molecule has 0 aromatic heterocycles. The minimum absolute atomic E-state index is 0.00922. The molecule has 0 aliphatic heterocycles. The summed E-state index contributed by atoms with van der Waals surface area (Å²) in [6.45, 7) is 5.72. The van der Waals surface area contributed by atoms with Gasteiger partial charge in [-0.1, -0.05) is 36.8 Å². The van der Waals surface area contributed by atoms with Gasteiger partial charge in [-0.2, -0.15) is 0 Å². The molecule has 29 heavy (non-hydrogen) atoms. The Morgan fingerprint density at radius 1 is 0.862 bits per heavy atom. The molecule has 3 N–H and O–H groups in total. The maximum Gasteiger partial charge on any atom is 0.276 e. The largest absolute Gasteiger partial charge is 0.484 e. The van der Waals surface area contributed by atoms with Gasteiger partial charge in [-0.15, -0.1) is 0 Å². The van der Waals surface area contributed by atoms with Crippen LogP contribution in [0.25, 0.3) is 0 Å². The number of nitrogens with one attached hydrogen (secondary N) is 3. The highest BCUT2D eigenvalue weighted by atomic mass is 16.5. The average Bonchev–Trinajstić information content (AvgIpc) is 2.71. The van der Waals surface area contributed by atoms with Crippen LogP contribution in [0.4, 0.5) is 5.69 Å². The maximum absolute atomic E-state index is 12.0. The summed E-state index contributed by atoms with van der Waals surface area (Å²) in [5.74, 6) is -0.636. The van der Waals surface area contributed by atoms with E-state index in [0.717, 1.165) is 23.2 Å². The number of hydrazine groups is 1. The molecule has 0 bridgehead atoms. The van der Waals surface area contributed by atoms with Gasteiger partial charge in [0.05, 0.1) is 0 Å². The van der Waals surface area contributed by atoms with Crippen molar-refractivity contribution in [2.24, 2.45) is 0 Å². The van der Waals surface area contributed by atoms with Gasteiger partial charge in [-0.3, -0.25) is 25.2 Å². The molecule has 7 nitrogen and oxygen atoms in total. The summed E-state index contributed by atoms with van der Waals surface area (Å²) < 4.78 is 5.36. The van der Waals surface area contributed by atoms with Crippen molar-refractivity contribution in [2.45, 2.75) is 40.0 Å². The highest BCUT2D eigenvalue weighted by Crippen LogP contribution is 2.16. The van der Waals surface area contributed by atoms with Crippen LogP contribution in [-0.2, 0) is 20.8 Å². The molecule has 0 unspecified atom stereocenters. The number of hydrogen-bond acceptors (Lipinski definition) is 4. The third-order valence-corrected chi connectivity index (χ3v) is 4.28. The standard InChI is InChI=1S/C22H27N3O4/c1-4-17-6-8-18(9-7-17)29-14-22(28)25-24-21(27)12-11-20(26)23-19-10-5-15(2)13-16(19)3/h5-10,13H,4,11-12,14H2,1-3H3,(H,23,26)(H,24,27)(H,25,28). The van der Waals surface area contributed by atoms with Gasteiger partial charge < -0.3 is 10.1 Å². The predicted molar refractivity (Wildman–Crippen MR) is 111 cm³/mol. The van der Waals surface area contributed by atoms with Gasteiger partial charge in [-0.05, 0) is 49.6 Å². The third kappa shape index (κ3) is 7.65.